The summed E-state index contributed by atoms with van der Waals surface area (Å²) in [4.78, 5) is 43.2. The fourth-order valence-corrected chi connectivity index (χ4v) is 2.84. The Labute approximate surface area is 144 Å². The van der Waals surface area contributed by atoms with Crippen molar-refractivity contribution in [1.29, 1.82) is 0 Å². The number of ether oxygens (including phenoxy) is 2. The zero-order chi connectivity index (χ0) is 17.6. The predicted molar refractivity (Wildman–Crippen MR) is 86.7 cm³/mol. The Morgan fingerprint density at radius 2 is 2.20 bits per heavy atom. The van der Waals surface area contributed by atoms with Gasteiger partial charge in [0.1, 0.15) is 13.2 Å². The number of hydrogen-bond donors (Lipinski definition) is 1. The Balaban J connectivity index is 1.57. The molecule has 2 aliphatic rings. The summed E-state index contributed by atoms with van der Waals surface area (Å²) in [6, 6.07) is 3.10. The lowest BCUT2D eigenvalue weighted by atomic mass is 10.1. The zero-order valence-electron chi connectivity index (χ0n) is 13.7. The highest BCUT2D eigenvalue weighted by atomic mass is 16.6. The lowest BCUT2D eigenvalue weighted by Crippen LogP contribution is -2.52. The van der Waals surface area contributed by atoms with Crippen LogP contribution in [0.25, 0.3) is 0 Å². The number of hydrogen-bond acceptors (Lipinski definition) is 6. The summed E-state index contributed by atoms with van der Waals surface area (Å²) >= 11 is 0. The third-order valence-electron chi connectivity index (χ3n) is 4.09. The molecule has 9 nitrogen and oxygen atoms in total. The van der Waals surface area contributed by atoms with Gasteiger partial charge >= 0.3 is 6.09 Å². The molecule has 0 radical (unpaired) electrons. The van der Waals surface area contributed by atoms with Crippen LogP contribution >= 0.6 is 0 Å². The molecule has 134 valence electrons. The maximum absolute atomic E-state index is 12.5. The molecule has 2 saturated heterocycles. The SMILES string of the molecule is O=C(C[C@@H]1COCCN1C(=O)CN1CCOC1=O)Nc1cccnc1. The van der Waals surface area contributed by atoms with Crippen LogP contribution in [0.15, 0.2) is 24.5 Å². The van der Waals surface area contributed by atoms with Crippen LogP contribution < -0.4 is 5.32 Å². The molecule has 0 aromatic carbocycles. The second kappa shape index (κ2) is 7.93. The van der Waals surface area contributed by atoms with Crippen molar-refractivity contribution in [2.45, 2.75) is 12.5 Å². The van der Waals surface area contributed by atoms with Crippen LogP contribution in [0.2, 0.25) is 0 Å². The maximum Gasteiger partial charge on any atom is 0.410 e. The van der Waals surface area contributed by atoms with Gasteiger partial charge in [-0.1, -0.05) is 0 Å². The van der Waals surface area contributed by atoms with Crippen molar-refractivity contribution in [3.05, 3.63) is 24.5 Å². The Hall–Kier alpha value is -2.68. The van der Waals surface area contributed by atoms with Crippen molar-refractivity contribution in [3.8, 4) is 0 Å². The number of carbonyl (C=O) groups is 3. The molecule has 3 amide bonds. The molecule has 0 bridgehead atoms. The van der Waals surface area contributed by atoms with Crippen molar-refractivity contribution >= 4 is 23.6 Å². The van der Waals surface area contributed by atoms with Crippen molar-refractivity contribution in [2.24, 2.45) is 0 Å². The largest absolute Gasteiger partial charge is 0.448 e. The molecular weight excluding hydrogens is 328 g/mol. The van der Waals surface area contributed by atoms with Crippen molar-refractivity contribution < 1.29 is 23.9 Å². The Morgan fingerprint density at radius 3 is 2.92 bits per heavy atom. The molecule has 1 N–H and O–H groups in total. The zero-order valence-corrected chi connectivity index (χ0v) is 13.7. The molecule has 0 unspecified atom stereocenters. The van der Waals surface area contributed by atoms with Gasteiger partial charge in [0.05, 0.1) is 37.7 Å². The predicted octanol–water partition coefficient (Wildman–Crippen LogP) is 0.0898. The lowest BCUT2D eigenvalue weighted by Gasteiger charge is -2.36. The van der Waals surface area contributed by atoms with E-state index in [-0.39, 0.29) is 37.4 Å². The van der Waals surface area contributed by atoms with E-state index >= 15 is 0 Å². The molecule has 1 atom stereocenters. The molecule has 2 fully saturated rings. The van der Waals surface area contributed by atoms with E-state index in [1.807, 2.05) is 0 Å². The van der Waals surface area contributed by atoms with Crippen LogP contribution in [0.4, 0.5) is 10.5 Å². The van der Waals surface area contributed by atoms with Gasteiger partial charge in [-0.2, -0.15) is 0 Å². The van der Waals surface area contributed by atoms with E-state index in [0.29, 0.717) is 32.0 Å². The van der Waals surface area contributed by atoms with Crippen LogP contribution in [0, 0.1) is 0 Å². The van der Waals surface area contributed by atoms with Gasteiger partial charge in [-0.05, 0) is 12.1 Å². The summed E-state index contributed by atoms with van der Waals surface area (Å²) < 4.78 is 10.2. The summed E-state index contributed by atoms with van der Waals surface area (Å²) in [5.41, 5.74) is 0.599. The Kier molecular flexibility index (Phi) is 5.44. The topological polar surface area (TPSA) is 101 Å². The monoisotopic (exact) mass is 348 g/mol. The molecule has 25 heavy (non-hydrogen) atoms. The minimum atomic E-state index is -0.479. The van der Waals surface area contributed by atoms with Gasteiger partial charge < -0.3 is 19.7 Å². The van der Waals surface area contributed by atoms with Gasteiger partial charge in [0.15, 0.2) is 0 Å². The maximum atomic E-state index is 12.5. The smallest absolute Gasteiger partial charge is 0.410 e. The number of carbonyl (C=O) groups excluding carboxylic acids is 3. The highest BCUT2D eigenvalue weighted by Crippen LogP contribution is 2.14. The number of cyclic esters (lactones) is 1. The third-order valence-corrected chi connectivity index (χ3v) is 4.09. The second-order valence-corrected chi connectivity index (χ2v) is 5.85. The molecule has 2 aliphatic heterocycles. The van der Waals surface area contributed by atoms with Crippen LogP contribution in [0.1, 0.15) is 6.42 Å². The van der Waals surface area contributed by atoms with Crippen LogP contribution in [-0.2, 0) is 19.1 Å². The number of pyridine rings is 1. The highest BCUT2D eigenvalue weighted by molar-refractivity contribution is 5.91. The molecule has 3 rings (SSSR count). The van der Waals surface area contributed by atoms with Crippen LogP contribution in [0.5, 0.6) is 0 Å². The number of aromatic nitrogens is 1. The first-order valence-electron chi connectivity index (χ1n) is 8.12. The van der Waals surface area contributed by atoms with Crippen molar-refractivity contribution in [3.63, 3.8) is 0 Å². The number of anilines is 1. The van der Waals surface area contributed by atoms with Crippen molar-refractivity contribution in [2.75, 3.05) is 44.8 Å². The summed E-state index contributed by atoms with van der Waals surface area (Å²) in [5.74, 6) is -0.428. The standard InChI is InChI=1S/C16H20N4O5/c21-14(18-12-2-1-3-17-9-12)8-13-11-24-6-5-20(13)15(22)10-19-4-7-25-16(19)23/h1-3,9,13H,4-8,10-11H2,(H,18,21)/t13-/m1/s1. The van der Waals surface area contributed by atoms with E-state index < -0.39 is 6.09 Å². The minimum Gasteiger partial charge on any atom is -0.448 e. The van der Waals surface area contributed by atoms with E-state index in [9.17, 15) is 14.4 Å². The number of amides is 3. The minimum absolute atomic E-state index is 0.0421. The van der Waals surface area contributed by atoms with E-state index in [0.717, 1.165) is 0 Å². The molecule has 9 heteroatoms. The first kappa shape index (κ1) is 17.2. The molecule has 0 aliphatic carbocycles. The van der Waals surface area contributed by atoms with Gasteiger partial charge in [0, 0.05) is 19.2 Å². The van der Waals surface area contributed by atoms with Gasteiger partial charge in [0.25, 0.3) is 0 Å². The highest BCUT2D eigenvalue weighted by Gasteiger charge is 2.32. The molecular formula is C16H20N4O5. The van der Waals surface area contributed by atoms with Crippen LogP contribution in [-0.4, -0.2) is 78.2 Å². The van der Waals surface area contributed by atoms with E-state index in [1.165, 1.54) is 4.90 Å². The summed E-state index contributed by atoms with van der Waals surface area (Å²) in [5, 5.41) is 2.75. The number of rotatable bonds is 5. The number of nitrogens with one attached hydrogen (secondary N) is 1. The fraction of sp³-hybridized carbons (Fsp3) is 0.500. The molecule has 1 aromatic rings. The average Bonchev–Trinajstić information content (AvgIpc) is 3.01. The summed E-state index contributed by atoms with van der Waals surface area (Å²) in [6.07, 6.45) is 2.81. The normalized spacial score (nSPS) is 20.3. The van der Waals surface area contributed by atoms with E-state index in [4.69, 9.17) is 9.47 Å². The summed E-state index contributed by atoms with van der Waals surface area (Å²) in [7, 11) is 0. The first-order valence-corrected chi connectivity index (χ1v) is 8.12. The second-order valence-electron chi connectivity index (χ2n) is 5.85. The molecule has 1 aromatic heterocycles. The lowest BCUT2D eigenvalue weighted by molar-refractivity contribution is -0.141. The number of nitrogens with zero attached hydrogens (tertiary/aromatic N) is 3. The third kappa shape index (κ3) is 4.44. The number of morpholine rings is 1. The molecule has 0 spiro atoms. The van der Waals surface area contributed by atoms with Gasteiger partial charge in [-0.25, -0.2) is 4.79 Å². The Bertz CT molecular complexity index is 639. The fourth-order valence-electron chi connectivity index (χ4n) is 2.84. The first-order chi connectivity index (χ1) is 12.1. The van der Waals surface area contributed by atoms with E-state index in [1.54, 1.807) is 29.4 Å². The van der Waals surface area contributed by atoms with Crippen LogP contribution in [0.3, 0.4) is 0 Å². The molecule has 3 heterocycles. The van der Waals surface area contributed by atoms with Crippen molar-refractivity contribution in [1.82, 2.24) is 14.8 Å². The van der Waals surface area contributed by atoms with Gasteiger partial charge in [-0.15, -0.1) is 0 Å². The Morgan fingerprint density at radius 1 is 1.32 bits per heavy atom. The quantitative estimate of drug-likeness (QED) is 0.809. The van der Waals surface area contributed by atoms with Gasteiger partial charge in [-0.3, -0.25) is 19.5 Å². The molecule has 0 saturated carbocycles. The van der Waals surface area contributed by atoms with E-state index in [2.05, 4.69) is 10.3 Å². The average molecular weight is 348 g/mol. The van der Waals surface area contributed by atoms with Gasteiger partial charge in [0.2, 0.25) is 11.8 Å². The summed E-state index contributed by atoms with van der Waals surface area (Å²) in [6.45, 7) is 1.76.